The second-order valence-corrected chi connectivity index (χ2v) is 6.96. The number of benzene rings is 2. The Labute approximate surface area is 147 Å². The molecule has 0 N–H and O–H groups in total. The molecule has 0 aliphatic rings. The minimum Gasteiger partial charge on any atom is -0.207 e. The van der Waals surface area contributed by atoms with Crippen LogP contribution in [0.4, 0.5) is 4.39 Å². The fourth-order valence-electron chi connectivity index (χ4n) is 2.25. The van der Waals surface area contributed by atoms with Gasteiger partial charge in [-0.1, -0.05) is 54.6 Å². The summed E-state index contributed by atoms with van der Waals surface area (Å²) in [6.45, 7) is 10.2. The average Bonchev–Trinajstić information content (AvgIpc) is 2.55. The predicted molar refractivity (Wildman–Crippen MR) is 100 cm³/mol. The number of halogens is 2. The van der Waals surface area contributed by atoms with Gasteiger partial charge < -0.3 is 0 Å². The predicted octanol–water partition coefficient (Wildman–Crippen LogP) is 7.39. The molecule has 23 heavy (non-hydrogen) atoms. The van der Waals surface area contributed by atoms with Crippen LogP contribution in [0.3, 0.4) is 0 Å². The van der Waals surface area contributed by atoms with Crippen LogP contribution >= 0.6 is 23.4 Å². The van der Waals surface area contributed by atoms with Gasteiger partial charge in [-0.15, -0.1) is 0 Å². The van der Waals surface area contributed by atoms with Crippen molar-refractivity contribution in [3.63, 3.8) is 0 Å². The zero-order chi connectivity index (χ0) is 17.0. The molecule has 2 aromatic carbocycles. The average molecular weight is 347 g/mol. The summed E-state index contributed by atoms with van der Waals surface area (Å²) in [5, 5.41) is 0.784. The fourth-order valence-corrected chi connectivity index (χ4v) is 3.60. The van der Waals surface area contributed by atoms with Crippen molar-refractivity contribution in [1.82, 2.24) is 0 Å². The number of rotatable bonds is 5. The van der Waals surface area contributed by atoms with E-state index in [-0.39, 0.29) is 5.82 Å². The Balaban J connectivity index is 2.52. The first-order valence-corrected chi connectivity index (χ1v) is 8.71. The molecule has 0 unspecified atom stereocenters. The van der Waals surface area contributed by atoms with Gasteiger partial charge >= 0.3 is 0 Å². The highest BCUT2D eigenvalue weighted by atomic mass is 35.5. The zero-order valence-corrected chi connectivity index (χ0v) is 15.2. The standard InChI is InChI=1S/C20H20ClFS/c1-5-14(4)20(21)17-7-6-8-18(19(17)13(2)3)23-16-11-9-15(22)10-12-16/h6-12H,2,5H2,1,3-4H3/b20-14-. The normalized spacial score (nSPS) is 12.0. The maximum Gasteiger partial charge on any atom is 0.123 e. The molecule has 0 atom stereocenters. The van der Waals surface area contributed by atoms with Crippen LogP contribution in [0.1, 0.15) is 38.3 Å². The van der Waals surface area contributed by atoms with E-state index in [9.17, 15) is 4.39 Å². The van der Waals surface area contributed by atoms with Gasteiger partial charge in [0.1, 0.15) is 5.82 Å². The monoisotopic (exact) mass is 346 g/mol. The fraction of sp³-hybridized carbons (Fsp3) is 0.200. The van der Waals surface area contributed by atoms with Crippen LogP contribution in [0.25, 0.3) is 10.6 Å². The summed E-state index contributed by atoms with van der Waals surface area (Å²) in [5.74, 6) is -0.229. The molecule has 0 heterocycles. The van der Waals surface area contributed by atoms with Crippen LogP contribution < -0.4 is 0 Å². The summed E-state index contributed by atoms with van der Waals surface area (Å²) in [7, 11) is 0. The molecule has 0 bridgehead atoms. The first-order chi connectivity index (χ1) is 10.9. The van der Waals surface area contributed by atoms with Crippen molar-refractivity contribution in [3.8, 4) is 0 Å². The quantitative estimate of drug-likeness (QED) is 0.543. The van der Waals surface area contributed by atoms with Crippen LogP contribution in [0.15, 0.2) is 64.4 Å². The van der Waals surface area contributed by atoms with E-state index in [0.29, 0.717) is 0 Å². The Kier molecular flexibility index (Phi) is 6.09. The lowest BCUT2D eigenvalue weighted by molar-refractivity contribution is 0.626. The minimum atomic E-state index is -0.229. The van der Waals surface area contributed by atoms with Gasteiger partial charge in [0.15, 0.2) is 0 Å². The summed E-state index contributed by atoms with van der Waals surface area (Å²) in [5.41, 5.74) is 4.18. The Hall–Kier alpha value is -1.51. The summed E-state index contributed by atoms with van der Waals surface area (Å²) in [6.07, 6.45) is 0.907. The van der Waals surface area contributed by atoms with Crippen molar-refractivity contribution in [3.05, 3.63) is 71.6 Å². The Morgan fingerprint density at radius 1 is 1.13 bits per heavy atom. The molecule has 0 amide bonds. The maximum absolute atomic E-state index is 13.1. The number of hydrogen-bond acceptors (Lipinski definition) is 1. The molecule has 0 fully saturated rings. The van der Waals surface area contributed by atoms with E-state index in [1.54, 1.807) is 23.9 Å². The van der Waals surface area contributed by atoms with Crippen LogP contribution in [0.5, 0.6) is 0 Å². The molecule has 0 saturated heterocycles. The second-order valence-electron chi connectivity index (χ2n) is 5.46. The van der Waals surface area contributed by atoms with Crippen molar-refractivity contribution < 1.29 is 4.39 Å². The molecule has 0 aromatic heterocycles. The first kappa shape index (κ1) is 17.8. The molecule has 2 rings (SSSR count). The zero-order valence-electron chi connectivity index (χ0n) is 13.6. The largest absolute Gasteiger partial charge is 0.207 e. The molecule has 3 heteroatoms. The van der Waals surface area contributed by atoms with Gasteiger partial charge in [-0.05, 0) is 61.7 Å². The number of hydrogen-bond donors (Lipinski definition) is 0. The molecule has 0 aliphatic heterocycles. The van der Waals surface area contributed by atoms with E-state index in [1.165, 1.54) is 12.1 Å². The summed E-state index contributed by atoms with van der Waals surface area (Å²) in [4.78, 5) is 2.06. The lowest BCUT2D eigenvalue weighted by Gasteiger charge is -2.15. The van der Waals surface area contributed by atoms with Crippen LogP contribution in [-0.4, -0.2) is 0 Å². The van der Waals surface area contributed by atoms with Crippen molar-refractivity contribution in [1.29, 1.82) is 0 Å². The van der Waals surface area contributed by atoms with Crippen LogP contribution in [0, 0.1) is 5.82 Å². The van der Waals surface area contributed by atoms with Crippen molar-refractivity contribution >= 4 is 34.0 Å². The Morgan fingerprint density at radius 2 is 1.78 bits per heavy atom. The highest BCUT2D eigenvalue weighted by Gasteiger charge is 2.14. The van der Waals surface area contributed by atoms with Crippen molar-refractivity contribution in [2.24, 2.45) is 0 Å². The number of allylic oxidation sites excluding steroid dienone is 2. The lowest BCUT2D eigenvalue weighted by Crippen LogP contribution is -1.93. The minimum absolute atomic E-state index is 0.229. The first-order valence-electron chi connectivity index (χ1n) is 7.52. The third kappa shape index (κ3) is 4.27. The molecule has 0 radical (unpaired) electrons. The van der Waals surface area contributed by atoms with E-state index in [2.05, 4.69) is 13.5 Å². The third-order valence-electron chi connectivity index (χ3n) is 3.64. The molecule has 0 aliphatic carbocycles. The topological polar surface area (TPSA) is 0 Å². The Bertz CT molecular complexity index is 745. The third-order valence-corrected chi connectivity index (χ3v) is 5.23. The summed E-state index contributed by atoms with van der Waals surface area (Å²) >= 11 is 8.17. The molecule has 120 valence electrons. The van der Waals surface area contributed by atoms with Gasteiger partial charge in [0, 0.05) is 20.4 Å². The maximum atomic E-state index is 13.1. The second kappa shape index (κ2) is 7.85. The van der Waals surface area contributed by atoms with E-state index < -0.39 is 0 Å². The molecule has 0 nitrogen and oxygen atoms in total. The molecular weight excluding hydrogens is 327 g/mol. The molecule has 0 saturated carbocycles. The molecule has 0 spiro atoms. The van der Waals surface area contributed by atoms with E-state index in [4.69, 9.17) is 11.6 Å². The van der Waals surface area contributed by atoms with E-state index >= 15 is 0 Å². The SMILES string of the molecule is C=C(C)c1c(Sc2ccc(F)cc2)cccc1/C(Cl)=C(\C)CC. The highest BCUT2D eigenvalue weighted by molar-refractivity contribution is 7.99. The van der Waals surface area contributed by atoms with Crippen molar-refractivity contribution in [2.75, 3.05) is 0 Å². The van der Waals surface area contributed by atoms with Gasteiger partial charge in [-0.2, -0.15) is 0 Å². The molecule has 2 aromatic rings. The molecular formula is C20H20ClFS. The van der Waals surface area contributed by atoms with E-state index in [0.717, 1.165) is 43.5 Å². The van der Waals surface area contributed by atoms with Crippen LogP contribution in [-0.2, 0) is 0 Å². The smallest absolute Gasteiger partial charge is 0.123 e. The van der Waals surface area contributed by atoms with Gasteiger partial charge in [0.05, 0.1) is 0 Å². The summed E-state index contributed by atoms with van der Waals surface area (Å²) in [6, 6.07) is 12.6. The van der Waals surface area contributed by atoms with Crippen molar-refractivity contribution in [2.45, 2.75) is 37.0 Å². The van der Waals surface area contributed by atoms with Gasteiger partial charge in [0.2, 0.25) is 0 Å². The highest BCUT2D eigenvalue weighted by Crippen LogP contribution is 2.39. The Morgan fingerprint density at radius 3 is 2.35 bits per heavy atom. The van der Waals surface area contributed by atoms with Crippen LogP contribution in [0.2, 0.25) is 0 Å². The van der Waals surface area contributed by atoms with E-state index in [1.807, 2.05) is 32.0 Å². The lowest BCUT2D eigenvalue weighted by atomic mass is 9.99. The summed E-state index contributed by atoms with van der Waals surface area (Å²) < 4.78 is 13.1. The van der Waals surface area contributed by atoms with Gasteiger partial charge in [-0.3, -0.25) is 0 Å². The van der Waals surface area contributed by atoms with Gasteiger partial charge in [-0.25, -0.2) is 4.39 Å². The van der Waals surface area contributed by atoms with Gasteiger partial charge in [0.25, 0.3) is 0 Å².